The van der Waals surface area contributed by atoms with Crippen LogP contribution in [0.1, 0.15) is 50.9 Å². The van der Waals surface area contributed by atoms with Gasteiger partial charge in [0.2, 0.25) is 0 Å². The predicted molar refractivity (Wildman–Crippen MR) is 93.9 cm³/mol. The van der Waals surface area contributed by atoms with Crippen LogP contribution in [0.2, 0.25) is 0 Å². The van der Waals surface area contributed by atoms with Crippen molar-refractivity contribution in [3.8, 4) is 11.5 Å². The number of ether oxygens (including phenoxy) is 3. The van der Waals surface area contributed by atoms with Gasteiger partial charge in [0.05, 0.1) is 25.4 Å². The first-order chi connectivity index (χ1) is 11.5. The molecule has 134 valence electrons. The zero-order chi connectivity index (χ0) is 17.5. The summed E-state index contributed by atoms with van der Waals surface area (Å²) in [4.78, 5) is 14.7. The zero-order valence-electron chi connectivity index (χ0n) is 15.2. The molecule has 1 heterocycles. The SMILES string of the molecule is CCCOc1ccc(C(=O)N2CC(C)OC(C)C2)cc1OCCC. The Balaban J connectivity index is 2.17. The summed E-state index contributed by atoms with van der Waals surface area (Å²) in [5.74, 6) is 1.36. The lowest BCUT2D eigenvalue weighted by Crippen LogP contribution is -2.48. The van der Waals surface area contributed by atoms with Crippen molar-refractivity contribution >= 4 is 5.91 Å². The molecule has 0 aliphatic carbocycles. The Kier molecular flexibility index (Phi) is 6.91. The van der Waals surface area contributed by atoms with E-state index in [1.807, 2.05) is 30.9 Å². The number of benzene rings is 1. The molecule has 0 aromatic heterocycles. The highest BCUT2D eigenvalue weighted by Crippen LogP contribution is 2.29. The van der Waals surface area contributed by atoms with Crippen molar-refractivity contribution in [1.82, 2.24) is 4.90 Å². The molecule has 1 aromatic rings. The van der Waals surface area contributed by atoms with Crippen LogP contribution in [-0.4, -0.2) is 49.3 Å². The molecule has 1 amide bonds. The summed E-state index contributed by atoms with van der Waals surface area (Å²) in [6, 6.07) is 5.45. The molecule has 2 rings (SSSR count). The third kappa shape index (κ3) is 4.87. The summed E-state index contributed by atoms with van der Waals surface area (Å²) in [6.07, 6.45) is 1.95. The van der Waals surface area contributed by atoms with Crippen LogP contribution >= 0.6 is 0 Å². The van der Waals surface area contributed by atoms with E-state index in [0.717, 1.165) is 12.8 Å². The second kappa shape index (κ2) is 8.92. The van der Waals surface area contributed by atoms with Gasteiger partial charge in [-0.25, -0.2) is 0 Å². The van der Waals surface area contributed by atoms with Crippen LogP contribution in [-0.2, 0) is 4.74 Å². The molecule has 0 spiro atoms. The molecule has 5 nitrogen and oxygen atoms in total. The van der Waals surface area contributed by atoms with Gasteiger partial charge in [0.15, 0.2) is 11.5 Å². The summed E-state index contributed by atoms with van der Waals surface area (Å²) in [5.41, 5.74) is 0.631. The minimum absolute atomic E-state index is 0.0142. The average Bonchev–Trinajstić information content (AvgIpc) is 2.56. The van der Waals surface area contributed by atoms with Crippen molar-refractivity contribution in [2.24, 2.45) is 0 Å². The highest BCUT2D eigenvalue weighted by molar-refractivity contribution is 5.95. The van der Waals surface area contributed by atoms with Crippen LogP contribution in [0.4, 0.5) is 0 Å². The van der Waals surface area contributed by atoms with Crippen molar-refractivity contribution in [3.05, 3.63) is 23.8 Å². The topological polar surface area (TPSA) is 48.0 Å². The van der Waals surface area contributed by atoms with Crippen molar-refractivity contribution in [1.29, 1.82) is 0 Å². The van der Waals surface area contributed by atoms with Gasteiger partial charge in [-0.05, 0) is 44.9 Å². The summed E-state index contributed by atoms with van der Waals surface area (Å²) in [5, 5.41) is 0. The molecule has 2 unspecified atom stereocenters. The van der Waals surface area contributed by atoms with Crippen LogP contribution in [0.3, 0.4) is 0 Å². The molecule has 1 aliphatic rings. The third-order valence-electron chi connectivity index (χ3n) is 3.82. The molecule has 0 radical (unpaired) electrons. The molecule has 0 saturated carbocycles. The molecular formula is C19H29NO4. The number of carbonyl (C=O) groups is 1. The Morgan fingerprint density at radius 1 is 1.08 bits per heavy atom. The summed E-state index contributed by atoms with van der Waals surface area (Å²) < 4.78 is 17.2. The molecule has 24 heavy (non-hydrogen) atoms. The summed E-state index contributed by atoms with van der Waals surface area (Å²) in [7, 11) is 0. The second-order valence-corrected chi connectivity index (χ2v) is 6.33. The lowest BCUT2D eigenvalue weighted by atomic mass is 10.1. The van der Waals surface area contributed by atoms with E-state index in [2.05, 4.69) is 13.8 Å². The van der Waals surface area contributed by atoms with E-state index in [1.165, 1.54) is 0 Å². The van der Waals surface area contributed by atoms with Gasteiger partial charge in [-0.15, -0.1) is 0 Å². The standard InChI is InChI=1S/C19H29NO4/c1-5-9-22-17-8-7-16(11-18(17)23-10-6-2)19(21)20-12-14(3)24-15(4)13-20/h7-8,11,14-15H,5-6,9-10,12-13H2,1-4H3. The first-order valence-corrected chi connectivity index (χ1v) is 8.89. The van der Waals surface area contributed by atoms with Gasteiger partial charge >= 0.3 is 0 Å². The third-order valence-corrected chi connectivity index (χ3v) is 3.82. The van der Waals surface area contributed by atoms with E-state index in [1.54, 1.807) is 6.07 Å². The number of amides is 1. The molecule has 1 fully saturated rings. The van der Waals surface area contributed by atoms with Crippen LogP contribution in [0.15, 0.2) is 18.2 Å². The van der Waals surface area contributed by atoms with Crippen LogP contribution in [0.25, 0.3) is 0 Å². The van der Waals surface area contributed by atoms with E-state index in [9.17, 15) is 4.79 Å². The van der Waals surface area contributed by atoms with Gasteiger partial charge in [-0.3, -0.25) is 4.79 Å². The smallest absolute Gasteiger partial charge is 0.254 e. The Labute approximate surface area is 144 Å². The lowest BCUT2D eigenvalue weighted by Gasteiger charge is -2.35. The summed E-state index contributed by atoms with van der Waals surface area (Å²) in [6.45, 7) is 10.6. The van der Waals surface area contributed by atoms with Gasteiger partial charge in [0, 0.05) is 18.7 Å². The van der Waals surface area contributed by atoms with Crippen LogP contribution < -0.4 is 9.47 Å². The minimum Gasteiger partial charge on any atom is -0.490 e. The number of rotatable bonds is 7. The highest BCUT2D eigenvalue weighted by atomic mass is 16.5. The van der Waals surface area contributed by atoms with E-state index >= 15 is 0 Å². The number of morpholine rings is 1. The van der Waals surface area contributed by atoms with Gasteiger partial charge in [0.1, 0.15) is 0 Å². The maximum Gasteiger partial charge on any atom is 0.254 e. The van der Waals surface area contributed by atoms with E-state index in [0.29, 0.717) is 43.4 Å². The maximum absolute atomic E-state index is 12.8. The van der Waals surface area contributed by atoms with Gasteiger partial charge in [-0.1, -0.05) is 13.8 Å². The molecular weight excluding hydrogens is 306 g/mol. The van der Waals surface area contributed by atoms with Crippen LogP contribution in [0.5, 0.6) is 11.5 Å². The number of hydrogen-bond acceptors (Lipinski definition) is 4. The molecule has 0 bridgehead atoms. The van der Waals surface area contributed by atoms with Gasteiger partial charge in [-0.2, -0.15) is 0 Å². The molecule has 1 saturated heterocycles. The molecule has 0 N–H and O–H groups in total. The summed E-state index contributed by atoms with van der Waals surface area (Å²) >= 11 is 0. The molecule has 5 heteroatoms. The van der Waals surface area contributed by atoms with E-state index < -0.39 is 0 Å². The monoisotopic (exact) mass is 335 g/mol. The first kappa shape index (κ1) is 18.6. The largest absolute Gasteiger partial charge is 0.490 e. The minimum atomic E-state index is 0.0142. The van der Waals surface area contributed by atoms with Gasteiger partial charge in [0.25, 0.3) is 5.91 Å². The Morgan fingerprint density at radius 3 is 2.25 bits per heavy atom. The van der Waals surface area contributed by atoms with Crippen molar-refractivity contribution in [2.45, 2.75) is 52.7 Å². The Hall–Kier alpha value is -1.75. The predicted octanol–water partition coefficient (Wildman–Crippen LogP) is 3.51. The fourth-order valence-corrected chi connectivity index (χ4v) is 2.82. The Morgan fingerprint density at radius 2 is 1.67 bits per heavy atom. The number of carbonyl (C=O) groups excluding carboxylic acids is 1. The van der Waals surface area contributed by atoms with E-state index in [4.69, 9.17) is 14.2 Å². The second-order valence-electron chi connectivity index (χ2n) is 6.33. The molecule has 1 aliphatic heterocycles. The lowest BCUT2D eigenvalue weighted by molar-refractivity contribution is -0.0586. The van der Waals surface area contributed by atoms with E-state index in [-0.39, 0.29) is 18.1 Å². The fraction of sp³-hybridized carbons (Fsp3) is 0.632. The van der Waals surface area contributed by atoms with Crippen molar-refractivity contribution < 1.29 is 19.0 Å². The van der Waals surface area contributed by atoms with Gasteiger partial charge < -0.3 is 19.1 Å². The number of hydrogen-bond donors (Lipinski definition) is 0. The van der Waals surface area contributed by atoms with Crippen LogP contribution in [0, 0.1) is 0 Å². The Bertz CT molecular complexity index is 536. The normalized spacial score (nSPS) is 20.8. The zero-order valence-corrected chi connectivity index (χ0v) is 15.2. The van der Waals surface area contributed by atoms with Crippen molar-refractivity contribution in [2.75, 3.05) is 26.3 Å². The number of nitrogens with zero attached hydrogens (tertiary/aromatic N) is 1. The quantitative estimate of drug-likeness (QED) is 0.765. The fourth-order valence-electron chi connectivity index (χ4n) is 2.82. The molecule has 1 aromatic carbocycles. The maximum atomic E-state index is 12.8. The highest BCUT2D eigenvalue weighted by Gasteiger charge is 2.27. The first-order valence-electron chi connectivity index (χ1n) is 8.89. The average molecular weight is 335 g/mol. The van der Waals surface area contributed by atoms with Crippen molar-refractivity contribution in [3.63, 3.8) is 0 Å². The molecule has 2 atom stereocenters.